The fourth-order valence-electron chi connectivity index (χ4n) is 6.48. The normalized spacial score (nSPS) is 19.8. The van der Waals surface area contributed by atoms with E-state index in [1.807, 2.05) is 76.2 Å². The van der Waals surface area contributed by atoms with Crippen molar-refractivity contribution in [3.63, 3.8) is 0 Å². The van der Waals surface area contributed by atoms with Gasteiger partial charge in [0.25, 0.3) is 0 Å². The van der Waals surface area contributed by atoms with Crippen LogP contribution in [0.2, 0.25) is 0 Å². The molecule has 10 nitrogen and oxygen atoms in total. The number of carbonyl (C=O) groups is 2. The van der Waals surface area contributed by atoms with E-state index in [0.29, 0.717) is 47.8 Å². The van der Waals surface area contributed by atoms with Crippen LogP contribution in [-0.4, -0.2) is 56.6 Å². The molecule has 2 aliphatic rings. The number of piperidine rings is 1. The summed E-state index contributed by atoms with van der Waals surface area (Å²) >= 11 is 0. The van der Waals surface area contributed by atoms with Gasteiger partial charge in [0.05, 0.1) is 11.3 Å². The first kappa shape index (κ1) is 32.2. The molecule has 2 N–H and O–H groups in total. The molecule has 6 rings (SSSR count). The Morgan fingerprint density at radius 2 is 1.81 bits per heavy atom. The van der Waals surface area contributed by atoms with Gasteiger partial charge < -0.3 is 25.0 Å². The summed E-state index contributed by atoms with van der Waals surface area (Å²) in [5.41, 5.74) is 2.54. The number of nitrogens with one attached hydrogen (secondary N) is 2. The van der Waals surface area contributed by atoms with Crippen LogP contribution in [0.3, 0.4) is 0 Å². The van der Waals surface area contributed by atoms with Gasteiger partial charge in [0, 0.05) is 53.9 Å². The average Bonchev–Trinajstić information content (AvgIpc) is 3.48. The number of benzene rings is 2. The lowest BCUT2D eigenvalue weighted by Gasteiger charge is -2.34. The van der Waals surface area contributed by atoms with Crippen LogP contribution in [0.25, 0.3) is 22.0 Å². The zero-order valence-electron chi connectivity index (χ0n) is 27.9. The van der Waals surface area contributed by atoms with Crippen molar-refractivity contribution in [2.45, 2.75) is 78.4 Å². The van der Waals surface area contributed by atoms with Crippen molar-refractivity contribution in [2.24, 2.45) is 11.8 Å². The maximum Gasteiger partial charge on any atom is 0.410 e. The number of pyridine rings is 1. The molecular weight excluding hydrogens is 592 g/mol. The van der Waals surface area contributed by atoms with Gasteiger partial charge in [0.15, 0.2) is 0 Å². The summed E-state index contributed by atoms with van der Waals surface area (Å²) in [5.74, 6) is 2.26. The van der Waals surface area contributed by atoms with Gasteiger partial charge in [-0.2, -0.15) is 0 Å². The van der Waals surface area contributed by atoms with Crippen LogP contribution in [0.5, 0.6) is 11.6 Å². The predicted octanol–water partition coefficient (Wildman–Crippen LogP) is 7.98. The van der Waals surface area contributed by atoms with Crippen LogP contribution in [-0.2, 0) is 9.53 Å². The summed E-state index contributed by atoms with van der Waals surface area (Å²) in [6.45, 7) is 11.0. The van der Waals surface area contributed by atoms with Crippen LogP contribution in [0.1, 0.15) is 65.4 Å². The predicted molar refractivity (Wildman–Crippen MR) is 184 cm³/mol. The lowest BCUT2D eigenvalue weighted by molar-refractivity contribution is -0.119. The van der Waals surface area contributed by atoms with E-state index in [-0.39, 0.29) is 24.0 Å². The first-order chi connectivity index (χ1) is 22.5. The summed E-state index contributed by atoms with van der Waals surface area (Å²) in [6, 6.07) is 15.5. The Kier molecular flexibility index (Phi) is 9.29. The summed E-state index contributed by atoms with van der Waals surface area (Å²) in [5, 5.41) is 8.40. The second kappa shape index (κ2) is 13.6. The standard InChI is InChI=1S/C37H44N6O4/c1-23-13-15-25(21-23)33(44)41-30-12-6-10-28-27(30)16-14-24(2)32(28)46-34-29(11-7-18-38-34)31-17-19-39-35(42-31)40-26-9-8-20-43(22-26)36(45)47-37(3,4)5/h6-7,10-12,14,16-19,23,25-26H,8-9,13,15,20-22H2,1-5H3,(H,41,44)(H,39,40,42)/t23?,25-,26+/m1/s1. The number of anilines is 2. The number of likely N-dealkylation sites (tertiary alicyclic amines) is 1. The van der Waals surface area contributed by atoms with Crippen molar-refractivity contribution in [2.75, 3.05) is 23.7 Å². The maximum atomic E-state index is 13.1. The van der Waals surface area contributed by atoms with E-state index in [1.54, 1.807) is 17.3 Å². The summed E-state index contributed by atoms with van der Waals surface area (Å²) < 4.78 is 12.2. The highest BCUT2D eigenvalue weighted by atomic mass is 16.6. The zero-order valence-corrected chi connectivity index (χ0v) is 27.9. The Morgan fingerprint density at radius 3 is 2.60 bits per heavy atom. The summed E-state index contributed by atoms with van der Waals surface area (Å²) in [7, 11) is 0. The van der Waals surface area contributed by atoms with E-state index >= 15 is 0 Å². The molecule has 3 atom stereocenters. The van der Waals surface area contributed by atoms with Gasteiger partial charge in [-0.1, -0.05) is 31.2 Å². The van der Waals surface area contributed by atoms with Crippen molar-refractivity contribution in [3.05, 3.63) is 66.5 Å². The first-order valence-electron chi connectivity index (χ1n) is 16.6. The molecule has 1 unspecified atom stereocenters. The minimum absolute atomic E-state index is 0.0128. The molecule has 10 heteroatoms. The number of rotatable bonds is 7. The van der Waals surface area contributed by atoms with Gasteiger partial charge >= 0.3 is 6.09 Å². The number of fused-ring (bicyclic) bond motifs is 1. The van der Waals surface area contributed by atoms with Gasteiger partial charge in [-0.25, -0.2) is 19.7 Å². The Balaban J connectivity index is 1.22. The largest absolute Gasteiger partial charge is 0.444 e. The molecule has 1 aliphatic heterocycles. The molecule has 1 aliphatic carbocycles. The molecule has 4 aromatic rings. The lowest BCUT2D eigenvalue weighted by Crippen LogP contribution is -2.47. The molecule has 0 radical (unpaired) electrons. The minimum Gasteiger partial charge on any atom is -0.444 e. The molecule has 2 aromatic heterocycles. The second-order valence-corrected chi connectivity index (χ2v) is 13.9. The van der Waals surface area contributed by atoms with Crippen LogP contribution < -0.4 is 15.4 Å². The highest BCUT2D eigenvalue weighted by Crippen LogP contribution is 2.39. The Labute approximate surface area is 276 Å². The molecule has 1 saturated carbocycles. The van der Waals surface area contributed by atoms with Crippen molar-refractivity contribution in [1.29, 1.82) is 0 Å². The monoisotopic (exact) mass is 636 g/mol. The molecule has 3 heterocycles. The minimum atomic E-state index is -0.547. The van der Waals surface area contributed by atoms with Crippen molar-refractivity contribution in [1.82, 2.24) is 19.9 Å². The van der Waals surface area contributed by atoms with Crippen LogP contribution in [0, 0.1) is 18.8 Å². The fourth-order valence-corrected chi connectivity index (χ4v) is 6.48. The average molecular weight is 637 g/mol. The van der Waals surface area contributed by atoms with E-state index in [2.05, 4.69) is 27.5 Å². The number of nitrogens with zero attached hydrogens (tertiary/aromatic N) is 4. The third kappa shape index (κ3) is 7.64. The van der Waals surface area contributed by atoms with E-state index in [4.69, 9.17) is 14.5 Å². The van der Waals surface area contributed by atoms with Gasteiger partial charge in [-0.3, -0.25) is 4.79 Å². The third-order valence-electron chi connectivity index (χ3n) is 8.84. The zero-order chi connectivity index (χ0) is 33.1. The Hall–Kier alpha value is -4.73. The van der Waals surface area contributed by atoms with Gasteiger partial charge in [-0.15, -0.1) is 0 Å². The van der Waals surface area contributed by atoms with E-state index < -0.39 is 5.60 Å². The number of hydrogen-bond donors (Lipinski definition) is 2. The topological polar surface area (TPSA) is 119 Å². The number of carbonyl (C=O) groups excluding carboxylic acids is 2. The third-order valence-corrected chi connectivity index (χ3v) is 8.84. The molecule has 47 heavy (non-hydrogen) atoms. The van der Waals surface area contributed by atoms with Crippen LogP contribution in [0.4, 0.5) is 16.4 Å². The molecule has 2 fully saturated rings. The molecule has 0 spiro atoms. The SMILES string of the molecule is Cc1ccc2c(NC(=O)[C@@H]3CCC(C)C3)cccc2c1Oc1ncccc1-c1ccnc(N[C@H]2CCCN(C(=O)OC(C)(C)C)C2)n1. The number of aryl methyl sites for hydroxylation is 1. The Morgan fingerprint density at radius 1 is 0.957 bits per heavy atom. The first-order valence-corrected chi connectivity index (χ1v) is 16.6. The highest BCUT2D eigenvalue weighted by Gasteiger charge is 2.29. The smallest absolute Gasteiger partial charge is 0.410 e. The van der Waals surface area contributed by atoms with Crippen LogP contribution >= 0.6 is 0 Å². The van der Waals surface area contributed by atoms with Gasteiger partial charge in [-0.05, 0) is 95.5 Å². The second-order valence-electron chi connectivity index (χ2n) is 13.9. The highest BCUT2D eigenvalue weighted by molar-refractivity contribution is 6.05. The summed E-state index contributed by atoms with van der Waals surface area (Å²) in [6.07, 6.45) is 7.78. The van der Waals surface area contributed by atoms with Gasteiger partial charge in [0.1, 0.15) is 11.4 Å². The number of amides is 2. The molecule has 2 aromatic carbocycles. The van der Waals surface area contributed by atoms with E-state index in [0.717, 1.165) is 54.1 Å². The van der Waals surface area contributed by atoms with Gasteiger partial charge in [0.2, 0.25) is 17.7 Å². The molecule has 1 saturated heterocycles. The molecule has 246 valence electrons. The number of hydrogen-bond acceptors (Lipinski definition) is 8. The fraction of sp³-hybridized carbons (Fsp3) is 0.432. The Bertz CT molecular complexity index is 1770. The van der Waals surface area contributed by atoms with Crippen molar-refractivity contribution in [3.8, 4) is 22.9 Å². The van der Waals surface area contributed by atoms with Crippen molar-refractivity contribution < 1.29 is 19.1 Å². The molecular formula is C37H44N6O4. The van der Waals surface area contributed by atoms with E-state index in [1.165, 1.54) is 0 Å². The number of ether oxygens (including phenoxy) is 2. The molecule has 0 bridgehead atoms. The van der Waals surface area contributed by atoms with Crippen molar-refractivity contribution >= 4 is 34.4 Å². The quantitative estimate of drug-likeness (QED) is 0.210. The molecule has 2 amide bonds. The van der Waals surface area contributed by atoms with Crippen LogP contribution in [0.15, 0.2) is 60.9 Å². The summed E-state index contributed by atoms with van der Waals surface area (Å²) in [4.78, 5) is 41.4. The maximum absolute atomic E-state index is 13.1. The van der Waals surface area contributed by atoms with E-state index in [9.17, 15) is 9.59 Å². The number of aromatic nitrogens is 3. The lowest BCUT2D eigenvalue weighted by atomic mass is 10.0.